The molecular formula is C17H27N3O. The Morgan fingerprint density at radius 2 is 2.33 bits per heavy atom. The monoisotopic (exact) mass is 289 g/mol. The number of hydrogen-bond donors (Lipinski definition) is 1. The molecule has 0 bridgehead atoms. The number of aromatic nitrogens is 1. The minimum atomic E-state index is 0.426. The molecule has 4 heteroatoms. The van der Waals surface area contributed by atoms with Gasteiger partial charge in [-0.1, -0.05) is 13.8 Å². The molecule has 0 amide bonds. The van der Waals surface area contributed by atoms with Gasteiger partial charge in [0.05, 0.1) is 30.6 Å². The Bertz CT molecular complexity index is 463. The maximum absolute atomic E-state index is 5.93. The number of anilines is 1. The summed E-state index contributed by atoms with van der Waals surface area (Å²) in [6, 6.07) is 2.70. The Balaban J connectivity index is 1.74. The molecule has 0 aromatic carbocycles. The maximum Gasteiger partial charge on any atom is 0.0779 e. The van der Waals surface area contributed by atoms with Crippen LogP contribution >= 0.6 is 0 Å². The summed E-state index contributed by atoms with van der Waals surface area (Å²) < 4.78 is 5.93. The van der Waals surface area contributed by atoms with Crippen LogP contribution in [0.15, 0.2) is 18.5 Å². The Kier molecular flexibility index (Phi) is 4.76. The number of nitrogens with one attached hydrogen (secondary N) is 1. The summed E-state index contributed by atoms with van der Waals surface area (Å²) in [7, 11) is 0. The smallest absolute Gasteiger partial charge is 0.0779 e. The van der Waals surface area contributed by atoms with E-state index in [9.17, 15) is 0 Å². The van der Waals surface area contributed by atoms with Gasteiger partial charge in [0.15, 0.2) is 0 Å². The summed E-state index contributed by atoms with van der Waals surface area (Å²) in [5.74, 6) is 0.679. The number of nitrogens with zero attached hydrogens (tertiary/aromatic N) is 2. The average Bonchev–Trinajstić information content (AvgIpc) is 2.96. The third kappa shape index (κ3) is 3.38. The van der Waals surface area contributed by atoms with Crippen LogP contribution in [-0.4, -0.2) is 36.8 Å². The summed E-state index contributed by atoms with van der Waals surface area (Å²) in [6.07, 6.45) is 8.11. The third-order valence-corrected chi connectivity index (χ3v) is 4.55. The van der Waals surface area contributed by atoms with Crippen LogP contribution in [0, 0.1) is 5.92 Å². The highest BCUT2D eigenvalue weighted by atomic mass is 16.5. The second-order valence-corrected chi connectivity index (χ2v) is 6.63. The van der Waals surface area contributed by atoms with Crippen molar-refractivity contribution in [2.75, 3.05) is 24.6 Å². The van der Waals surface area contributed by atoms with Crippen LogP contribution in [0.25, 0.3) is 0 Å². The van der Waals surface area contributed by atoms with Crippen LogP contribution in [0.4, 0.5) is 5.69 Å². The Hall–Kier alpha value is -1.13. The number of ether oxygens (including phenoxy) is 1. The molecule has 1 saturated heterocycles. The van der Waals surface area contributed by atoms with E-state index in [-0.39, 0.29) is 0 Å². The van der Waals surface area contributed by atoms with E-state index in [1.165, 1.54) is 30.5 Å². The van der Waals surface area contributed by atoms with Crippen molar-refractivity contribution in [1.82, 2.24) is 10.3 Å². The summed E-state index contributed by atoms with van der Waals surface area (Å²) in [5.41, 5.74) is 2.66. The standard InChI is InChI=1S/C17H27N3O/c1-13(2)10-19-11-14-6-7-18-12-16(14)20-8-9-21-17-5-3-4-15(17)20/h6-7,12-13,15,17,19H,3-5,8-11H2,1-2H3. The van der Waals surface area contributed by atoms with Crippen molar-refractivity contribution in [3.05, 3.63) is 24.0 Å². The van der Waals surface area contributed by atoms with Gasteiger partial charge >= 0.3 is 0 Å². The summed E-state index contributed by atoms with van der Waals surface area (Å²) >= 11 is 0. The number of hydrogen-bond acceptors (Lipinski definition) is 4. The van der Waals surface area contributed by atoms with Crippen molar-refractivity contribution in [2.24, 2.45) is 5.92 Å². The lowest BCUT2D eigenvalue weighted by Gasteiger charge is -2.40. The van der Waals surface area contributed by atoms with Crippen molar-refractivity contribution >= 4 is 5.69 Å². The van der Waals surface area contributed by atoms with Crippen LogP contribution < -0.4 is 10.2 Å². The van der Waals surface area contributed by atoms with Gasteiger partial charge in [-0.05, 0) is 43.4 Å². The van der Waals surface area contributed by atoms with E-state index in [0.29, 0.717) is 18.1 Å². The zero-order valence-corrected chi connectivity index (χ0v) is 13.2. The molecule has 1 saturated carbocycles. The zero-order chi connectivity index (χ0) is 14.7. The number of rotatable bonds is 5. The van der Waals surface area contributed by atoms with E-state index >= 15 is 0 Å². The highest BCUT2D eigenvalue weighted by Gasteiger charge is 2.36. The maximum atomic E-state index is 5.93. The SMILES string of the molecule is CC(C)CNCc1ccncc1N1CCOC2CCCC21. The van der Waals surface area contributed by atoms with Gasteiger partial charge in [0.2, 0.25) is 0 Å². The lowest BCUT2D eigenvalue weighted by atomic mass is 10.1. The molecule has 0 radical (unpaired) electrons. The molecule has 1 aliphatic heterocycles. The molecule has 2 heterocycles. The van der Waals surface area contributed by atoms with Crippen LogP contribution in [0.3, 0.4) is 0 Å². The minimum Gasteiger partial charge on any atom is -0.374 e. The number of fused-ring (bicyclic) bond motifs is 1. The van der Waals surface area contributed by atoms with E-state index in [2.05, 4.69) is 35.1 Å². The van der Waals surface area contributed by atoms with Gasteiger partial charge in [-0.3, -0.25) is 4.98 Å². The first-order valence-electron chi connectivity index (χ1n) is 8.27. The molecule has 21 heavy (non-hydrogen) atoms. The fraction of sp³-hybridized carbons (Fsp3) is 0.706. The van der Waals surface area contributed by atoms with Crippen LogP contribution in [0.1, 0.15) is 38.7 Å². The van der Waals surface area contributed by atoms with E-state index in [4.69, 9.17) is 4.74 Å². The Morgan fingerprint density at radius 3 is 3.19 bits per heavy atom. The first-order chi connectivity index (χ1) is 10.3. The molecule has 2 fully saturated rings. The number of pyridine rings is 1. The second-order valence-electron chi connectivity index (χ2n) is 6.63. The van der Waals surface area contributed by atoms with E-state index in [0.717, 1.165) is 26.2 Å². The molecule has 1 aromatic heterocycles. The summed E-state index contributed by atoms with van der Waals surface area (Å²) in [4.78, 5) is 6.91. The molecule has 0 spiro atoms. The van der Waals surface area contributed by atoms with E-state index in [1.54, 1.807) is 0 Å². The van der Waals surface area contributed by atoms with Crippen molar-refractivity contribution in [1.29, 1.82) is 0 Å². The molecular weight excluding hydrogens is 262 g/mol. The lowest BCUT2D eigenvalue weighted by Crippen LogP contribution is -2.49. The molecule has 2 atom stereocenters. The van der Waals surface area contributed by atoms with E-state index < -0.39 is 0 Å². The van der Waals surface area contributed by atoms with Gasteiger partial charge in [0.25, 0.3) is 0 Å². The van der Waals surface area contributed by atoms with Gasteiger partial charge in [0.1, 0.15) is 0 Å². The molecule has 116 valence electrons. The molecule has 1 aromatic rings. The second kappa shape index (κ2) is 6.75. The van der Waals surface area contributed by atoms with E-state index in [1.807, 2.05) is 12.4 Å². The molecule has 4 nitrogen and oxygen atoms in total. The van der Waals surface area contributed by atoms with Crippen molar-refractivity contribution in [3.63, 3.8) is 0 Å². The van der Waals surface area contributed by atoms with Crippen LogP contribution in [0.2, 0.25) is 0 Å². The predicted molar refractivity (Wildman–Crippen MR) is 85.5 cm³/mol. The Labute approximate surface area is 127 Å². The molecule has 2 aliphatic rings. The first-order valence-corrected chi connectivity index (χ1v) is 8.27. The minimum absolute atomic E-state index is 0.426. The van der Waals surface area contributed by atoms with Gasteiger partial charge in [0, 0.05) is 19.3 Å². The number of morpholine rings is 1. The highest BCUT2D eigenvalue weighted by molar-refractivity contribution is 5.53. The van der Waals surface area contributed by atoms with Gasteiger partial charge in [-0.15, -0.1) is 0 Å². The molecule has 1 aliphatic carbocycles. The van der Waals surface area contributed by atoms with Crippen LogP contribution in [-0.2, 0) is 11.3 Å². The predicted octanol–water partition coefficient (Wildman–Crippen LogP) is 2.58. The average molecular weight is 289 g/mol. The quantitative estimate of drug-likeness (QED) is 0.904. The normalized spacial score (nSPS) is 25.4. The van der Waals surface area contributed by atoms with Crippen molar-refractivity contribution in [3.8, 4) is 0 Å². The summed E-state index contributed by atoms with van der Waals surface area (Å²) in [5, 5.41) is 3.55. The largest absolute Gasteiger partial charge is 0.374 e. The fourth-order valence-electron chi connectivity index (χ4n) is 3.54. The Morgan fingerprint density at radius 1 is 1.43 bits per heavy atom. The van der Waals surface area contributed by atoms with Gasteiger partial charge in [-0.2, -0.15) is 0 Å². The zero-order valence-electron chi connectivity index (χ0n) is 13.2. The third-order valence-electron chi connectivity index (χ3n) is 4.55. The fourth-order valence-corrected chi connectivity index (χ4v) is 3.54. The highest BCUT2D eigenvalue weighted by Crippen LogP contribution is 2.34. The topological polar surface area (TPSA) is 37.4 Å². The van der Waals surface area contributed by atoms with Gasteiger partial charge in [-0.25, -0.2) is 0 Å². The summed E-state index contributed by atoms with van der Waals surface area (Å²) in [6.45, 7) is 8.29. The molecule has 2 unspecified atom stereocenters. The first kappa shape index (κ1) is 14.8. The van der Waals surface area contributed by atoms with Crippen molar-refractivity contribution < 1.29 is 4.74 Å². The van der Waals surface area contributed by atoms with Crippen molar-refractivity contribution in [2.45, 2.75) is 51.8 Å². The van der Waals surface area contributed by atoms with Gasteiger partial charge < -0.3 is 15.0 Å². The molecule has 3 rings (SSSR count). The molecule has 1 N–H and O–H groups in total. The van der Waals surface area contributed by atoms with Crippen LogP contribution in [0.5, 0.6) is 0 Å². The lowest BCUT2D eigenvalue weighted by molar-refractivity contribution is 0.0255.